The van der Waals surface area contributed by atoms with E-state index in [9.17, 15) is 4.39 Å². The molecule has 1 atom stereocenters. The molecule has 0 aromatic heterocycles. The lowest BCUT2D eigenvalue weighted by Crippen LogP contribution is -2.37. The molecule has 1 aromatic carbocycles. The Hall–Kier alpha value is -0.800. The van der Waals surface area contributed by atoms with Crippen molar-refractivity contribution in [3.63, 3.8) is 0 Å². The standard InChI is InChI=1S/C15H20ClFN2/c16-10-13-14(17)5-1-6-15(13)19-9-3-8-18-7-2-4-12(18)11-19/h1,5-6,12H,2-4,7-11H2. The van der Waals surface area contributed by atoms with Gasteiger partial charge >= 0.3 is 0 Å². The lowest BCUT2D eigenvalue weighted by atomic mass is 10.1. The fourth-order valence-electron chi connectivity index (χ4n) is 3.40. The van der Waals surface area contributed by atoms with Gasteiger partial charge in [-0.1, -0.05) is 6.07 Å². The number of hydrogen-bond donors (Lipinski definition) is 0. The maximum atomic E-state index is 13.9. The second-order valence-electron chi connectivity index (χ2n) is 5.50. The summed E-state index contributed by atoms with van der Waals surface area (Å²) in [4.78, 5) is 4.91. The Morgan fingerprint density at radius 2 is 2.05 bits per heavy atom. The molecular formula is C15H20ClFN2. The van der Waals surface area contributed by atoms with Crippen molar-refractivity contribution in [3.05, 3.63) is 29.6 Å². The zero-order chi connectivity index (χ0) is 13.2. The molecule has 1 aromatic rings. The van der Waals surface area contributed by atoms with E-state index in [1.54, 1.807) is 6.07 Å². The van der Waals surface area contributed by atoms with Gasteiger partial charge in [0, 0.05) is 36.9 Å². The fourth-order valence-corrected chi connectivity index (χ4v) is 3.67. The van der Waals surface area contributed by atoms with E-state index < -0.39 is 0 Å². The highest BCUT2D eigenvalue weighted by Gasteiger charge is 2.29. The highest BCUT2D eigenvalue weighted by atomic mass is 35.5. The average molecular weight is 283 g/mol. The van der Waals surface area contributed by atoms with Crippen LogP contribution < -0.4 is 4.90 Å². The molecule has 19 heavy (non-hydrogen) atoms. The van der Waals surface area contributed by atoms with Crippen LogP contribution >= 0.6 is 11.6 Å². The van der Waals surface area contributed by atoms with Crippen molar-refractivity contribution in [1.29, 1.82) is 0 Å². The van der Waals surface area contributed by atoms with Crippen LogP contribution in [0.5, 0.6) is 0 Å². The number of alkyl halides is 1. The summed E-state index contributed by atoms with van der Waals surface area (Å²) in [5.74, 6) is 0.0624. The summed E-state index contributed by atoms with van der Waals surface area (Å²) in [7, 11) is 0. The van der Waals surface area contributed by atoms with Crippen LogP contribution in [-0.2, 0) is 5.88 Å². The second-order valence-corrected chi connectivity index (χ2v) is 5.77. The maximum absolute atomic E-state index is 13.9. The molecule has 0 radical (unpaired) electrons. The largest absolute Gasteiger partial charge is 0.370 e. The third-order valence-electron chi connectivity index (χ3n) is 4.37. The molecule has 1 unspecified atom stereocenters. The third-order valence-corrected chi connectivity index (χ3v) is 4.64. The van der Waals surface area contributed by atoms with Crippen LogP contribution in [-0.4, -0.2) is 37.1 Å². The van der Waals surface area contributed by atoms with Gasteiger partial charge in [-0.3, -0.25) is 4.90 Å². The van der Waals surface area contributed by atoms with Gasteiger partial charge in [0.2, 0.25) is 0 Å². The molecule has 0 aliphatic carbocycles. The van der Waals surface area contributed by atoms with Gasteiger partial charge in [-0.25, -0.2) is 4.39 Å². The first-order chi connectivity index (χ1) is 9.29. The van der Waals surface area contributed by atoms with E-state index in [-0.39, 0.29) is 11.7 Å². The summed E-state index contributed by atoms with van der Waals surface area (Å²) in [6, 6.07) is 5.93. The van der Waals surface area contributed by atoms with Crippen LogP contribution in [0.15, 0.2) is 18.2 Å². The Morgan fingerprint density at radius 1 is 1.21 bits per heavy atom. The number of halogens is 2. The van der Waals surface area contributed by atoms with Gasteiger partial charge in [-0.05, 0) is 37.9 Å². The maximum Gasteiger partial charge on any atom is 0.129 e. The van der Waals surface area contributed by atoms with E-state index in [2.05, 4.69) is 9.80 Å². The summed E-state index contributed by atoms with van der Waals surface area (Å²) in [5, 5.41) is 0. The first-order valence-electron chi connectivity index (χ1n) is 7.12. The average Bonchev–Trinajstić information content (AvgIpc) is 2.76. The number of benzene rings is 1. The summed E-state index contributed by atoms with van der Waals surface area (Å²) >= 11 is 5.93. The monoisotopic (exact) mass is 282 g/mol. The van der Waals surface area contributed by atoms with E-state index in [0.717, 1.165) is 25.2 Å². The number of anilines is 1. The minimum absolute atomic E-state index is 0.181. The molecule has 2 aliphatic rings. The first kappa shape index (κ1) is 13.2. The molecule has 0 bridgehead atoms. The van der Waals surface area contributed by atoms with Crippen LogP contribution in [0.3, 0.4) is 0 Å². The van der Waals surface area contributed by atoms with Gasteiger partial charge in [0.1, 0.15) is 5.82 Å². The van der Waals surface area contributed by atoms with E-state index in [1.165, 1.54) is 32.0 Å². The third kappa shape index (κ3) is 2.59. The molecular weight excluding hydrogens is 263 g/mol. The molecule has 104 valence electrons. The van der Waals surface area contributed by atoms with E-state index >= 15 is 0 Å². The zero-order valence-electron chi connectivity index (χ0n) is 11.1. The van der Waals surface area contributed by atoms with Crippen molar-refractivity contribution in [2.75, 3.05) is 31.1 Å². The number of fused-ring (bicyclic) bond motifs is 1. The van der Waals surface area contributed by atoms with Crippen molar-refractivity contribution >= 4 is 17.3 Å². The summed E-state index contributed by atoms with van der Waals surface area (Å²) in [6.45, 7) is 4.41. The van der Waals surface area contributed by atoms with Crippen molar-refractivity contribution < 1.29 is 4.39 Å². The van der Waals surface area contributed by atoms with Crippen molar-refractivity contribution in [3.8, 4) is 0 Å². The van der Waals surface area contributed by atoms with Crippen LogP contribution in [0.1, 0.15) is 24.8 Å². The molecule has 2 aliphatic heterocycles. The summed E-state index contributed by atoms with van der Waals surface area (Å²) < 4.78 is 13.9. The van der Waals surface area contributed by atoms with Crippen molar-refractivity contribution in [1.82, 2.24) is 4.90 Å². The second kappa shape index (κ2) is 5.68. The zero-order valence-corrected chi connectivity index (χ0v) is 11.9. The Kier molecular flexibility index (Phi) is 3.94. The normalized spacial score (nSPS) is 24.3. The molecule has 2 saturated heterocycles. The highest BCUT2D eigenvalue weighted by Crippen LogP contribution is 2.29. The molecule has 0 amide bonds. The minimum Gasteiger partial charge on any atom is -0.370 e. The minimum atomic E-state index is -0.181. The van der Waals surface area contributed by atoms with Gasteiger partial charge in [0.15, 0.2) is 0 Å². The lowest BCUT2D eigenvalue weighted by Gasteiger charge is -2.28. The lowest BCUT2D eigenvalue weighted by molar-refractivity contribution is 0.273. The van der Waals surface area contributed by atoms with E-state index in [1.807, 2.05) is 6.07 Å². The van der Waals surface area contributed by atoms with Gasteiger partial charge in [0.25, 0.3) is 0 Å². The molecule has 0 N–H and O–H groups in total. The number of hydrogen-bond acceptors (Lipinski definition) is 2. The number of rotatable bonds is 2. The molecule has 2 heterocycles. The van der Waals surface area contributed by atoms with Crippen molar-refractivity contribution in [2.24, 2.45) is 0 Å². The molecule has 2 fully saturated rings. The summed E-state index contributed by atoms with van der Waals surface area (Å²) in [6.07, 6.45) is 3.71. The number of nitrogens with zero attached hydrogens (tertiary/aromatic N) is 2. The molecule has 0 saturated carbocycles. The predicted molar refractivity (Wildman–Crippen MR) is 77.4 cm³/mol. The molecule has 0 spiro atoms. The van der Waals surface area contributed by atoms with E-state index in [4.69, 9.17) is 11.6 Å². The Labute approximate surface area is 119 Å². The smallest absolute Gasteiger partial charge is 0.129 e. The van der Waals surface area contributed by atoms with Gasteiger partial charge in [-0.15, -0.1) is 11.6 Å². The van der Waals surface area contributed by atoms with E-state index in [0.29, 0.717) is 11.6 Å². The Morgan fingerprint density at radius 3 is 2.89 bits per heavy atom. The molecule has 3 rings (SSSR count). The van der Waals surface area contributed by atoms with Gasteiger partial charge in [-0.2, -0.15) is 0 Å². The van der Waals surface area contributed by atoms with Crippen LogP contribution in [0, 0.1) is 5.82 Å². The van der Waals surface area contributed by atoms with Crippen LogP contribution in [0.4, 0.5) is 10.1 Å². The fraction of sp³-hybridized carbons (Fsp3) is 0.600. The highest BCUT2D eigenvalue weighted by molar-refractivity contribution is 6.17. The Bertz CT molecular complexity index is 452. The van der Waals surface area contributed by atoms with Crippen molar-refractivity contribution in [2.45, 2.75) is 31.2 Å². The van der Waals surface area contributed by atoms with Gasteiger partial charge < -0.3 is 4.90 Å². The van der Waals surface area contributed by atoms with Crippen LogP contribution in [0.2, 0.25) is 0 Å². The molecule has 4 heteroatoms. The Balaban J connectivity index is 1.87. The summed E-state index contributed by atoms with van der Waals surface area (Å²) in [5.41, 5.74) is 1.64. The predicted octanol–water partition coefficient (Wildman–Crippen LogP) is 3.24. The SMILES string of the molecule is Fc1cccc(N2CCCN3CCCC3C2)c1CCl. The topological polar surface area (TPSA) is 6.48 Å². The van der Waals surface area contributed by atoms with Gasteiger partial charge in [0.05, 0.1) is 5.88 Å². The van der Waals surface area contributed by atoms with Crippen LogP contribution in [0.25, 0.3) is 0 Å². The molecule has 2 nitrogen and oxygen atoms in total. The quantitative estimate of drug-likeness (QED) is 0.769. The first-order valence-corrected chi connectivity index (χ1v) is 7.65.